The third-order valence-corrected chi connectivity index (χ3v) is 2.81. The predicted molar refractivity (Wildman–Crippen MR) is 65.8 cm³/mol. The van der Waals surface area contributed by atoms with Gasteiger partial charge in [-0.3, -0.25) is 4.79 Å². The van der Waals surface area contributed by atoms with Crippen molar-refractivity contribution in [3.8, 4) is 0 Å². The summed E-state index contributed by atoms with van der Waals surface area (Å²) in [5, 5.41) is 2.98. The van der Waals surface area contributed by atoms with Crippen LogP contribution in [0.3, 0.4) is 0 Å². The average Bonchev–Trinajstić information content (AvgIpc) is 2.31. The van der Waals surface area contributed by atoms with Crippen LogP contribution in [0.2, 0.25) is 0 Å². The molecule has 0 aliphatic rings. The highest BCUT2D eigenvalue weighted by Crippen LogP contribution is 2.12. The van der Waals surface area contributed by atoms with Gasteiger partial charge in [0.05, 0.1) is 6.04 Å². The molecular weight excluding hydrogens is 200 g/mol. The molecule has 3 N–H and O–H groups in total. The first-order valence-electron chi connectivity index (χ1n) is 5.74. The summed E-state index contributed by atoms with van der Waals surface area (Å²) >= 11 is 0. The minimum absolute atomic E-state index is 0.0364. The standard InChI is InChI=1S/C13H20N2O/c1-3-11(9-14)13(16)15-10(2)12-7-5-4-6-8-12/h4-8,10-11H,3,9,14H2,1-2H3,(H,15,16)/t10-,11?/m0/s1. The van der Waals surface area contributed by atoms with Crippen molar-refractivity contribution in [3.05, 3.63) is 35.9 Å². The van der Waals surface area contributed by atoms with Gasteiger partial charge in [-0.15, -0.1) is 0 Å². The van der Waals surface area contributed by atoms with E-state index >= 15 is 0 Å². The highest BCUT2D eigenvalue weighted by molar-refractivity contribution is 5.79. The SMILES string of the molecule is CCC(CN)C(=O)N[C@@H](C)c1ccccc1. The Balaban J connectivity index is 2.58. The summed E-state index contributed by atoms with van der Waals surface area (Å²) in [6, 6.07) is 9.96. The Morgan fingerprint density at radius 3 is 2.50 bits per heavy atom. The molecule has 3 heteroatoms. The topological polar surface area (TPSA) is 55.1 Å². The Labute approximate surface area is 97.0 Å². The molecule has 1 aromatic rings. The zero-order valence-corrected chi connectivity index (χ0v) is 9.94. The molecule has 0 saturated carbocycles. The second kappa shape index (κ2) is 6.28. The van der Waals surface area contributed by atoms with Gasteiger partial charge in [0.25, 0.3) is 0 Å². The Bertz CT molecular complexity index is 320. The Morgan fingerprint density at radius 1 is 1.38 bits per heavy atom. The number of carbonyl (C=O) groups excluding carboxylic acids is 1. The van der Waals surface area contributed by atoms with E-state index in [9.17, 15) is 4.79 Å². The molecule has 0 aliphatic heterocycles. The summed E-state index contributed by atoms with van der Waals surface area (Å²) in [6.45, 7) is 4.37. The van der Waals surface area contributed by atoms with Crippen molar-refractivity contribution in [2.45, 2.75) is 26.3 Å². The van der Waals surface area contributed by atoms with E-state index in [1.807, 2.05) is 44.2 Å². The van der Waals surface area contributed by atoms with Gasteiger partial charge < -0.3 is 11.1 Å². The van der Waals surface area contributed by atoms with E-state index in [2.05, 4.69) is 5.32 Å². The van der Waals surface area contributed by atoms with Crippen LogP contribution in [0.4, 0.5) is 0 Å². The number of carbonyl (C=O) groups is 1. The first-order valence-corrected chi connectivity index (χ1v) is 5.74. The van der Waals surface area contributed by atoms with Crippen LogP contribution in [-0.4, -0.2) is 12.5 Å². The fourth-order valence-corrected chi connectivity index (χ4v) is 1.62. The van der Waals surface area contributed by atoms with Crippen molar-refractivity contribution in [1.82, 2.24) is 5.32 Å². The van der Waals surface area contributed by atoms with Gasteiger partial charge in [0.1, 0.15) is 0 Å². The minimum Gasteiger partial charge on any atom is -0.349 e. The van der Waals surface area contributed by atoms with E-state index in [1.54, 1.807) is 0 Å². The fraction of sp³-hybridized carbons (Fsp3) is 0.462. The van der Waals surface area contributed by atoms with E-state index in [0.29, 0.717) is 6.54 Å². The molecule has 0 fully saturated rings. The highest BCUT2D eigenvalue weighted by Gasteiger charge is 2.16. The summed E-state index contributed by atoms with van der Waals surface area (Å²) in [6.07, 6.45) is 0.782. The molecule has 0 spiro atoms. The lowest BCUT2D eigenvalue weighted by Gasteiger charge is -2.18. The largest absolute Gasteiger partial charge is 0.349 e. The number of benzene rings is 1. The van der Waals surface area contributed by atoms with Crippen molar-refractivity contribution in [2.75, 3.05) is 6.54 Å². The van der Waals surface area contributed by atoms with Crippen molar-refractivity contribution in [3.63, 3.8) is 0 Å². The Kier molecular flexibility index (Phi) is 4.99. The van der Waals surface area contributed by atoms with Crippen LogP contribution >= 0.6 is 0 Å². The highest BCUT2D eigenvalue weighted by atomic mass is 16.1. The third-order valence-electron chi connectivity index (χ3n) is 2.81. The molecule has 0 saturated heterocycles. The Morgan fingerprint density at radius 2 is 2.00 bits per heavy atom. The molecule has 0 aliphatic carbocycles. The Hall–Kier alpha value is -1.35. The van der Waals surface area contributed by atoms with Crippen molar-refractivity contribution >= 4 is 5.91 Å². The van der Waals surface area contributed by atoms with E-state index < -0.39 is 0 Å². The van der Waals surface area contributed by atoms with E-state index in [1.165, 1.54) is 0 Å². The molecule has 3 nitrogen and oxygen atoms in total. The van der Waals surface area contributed by atoms with Crippen LogP contribution in [0, 0.1) is 5.92 Å². The van der Waals surface area contributed by atoms with E-state index in [4.69, 9.17) is 5.73 Å². The second-order valence-electron chi connectivity index (χ2n) is 3.98. The van der Waals surface area contributed by atoms with Gasteiger partial charge in [0.15, 0.2) is 0 Å². The summed E-state index contributed by atoms with van der Waals surface area (Å²) < 4.78 is 0. The quantitative estimate of drug-likeness (QED) is 0.795. The van der Waals surface area contributed by atoms with Gasteiger partial charge in [-0.25, -0.2) is 0 Å². The lowest BCUT2D eigenvalue weighted by atomic mass is 10.0. The number of amides is 1. The first kappa shape index (κ1) is 12.7. The van der Waals surface area contributed by atoms with Gasteiger partial charge in [0.2, 0.25) is 5.91 Å². The molecule has 88 valence electrons. The zero-order valence-electron chi connectivity index (χ0n) is 9.94. The molecule has 1 unspecified atom stereocenters. The molecule has 0 aromatic heterocycles. The summed E-state index contributed by atoms with van der Waals surface area (Å²) in [5.74, 6) is -0.0347. The maximum absolute atomic E-state index is 11.8. The summed E-state index contributed by atoms with van der Waals surface area (Å²) in [5.41, 5.74) is 6.65. The number of nitrogens with one attached hydrogen (secondary N) is 1. The maximum atomic E-state index is 11.8. The van der Waals surface area contributed by atoms with Crippen LogP contribution < -0.4 is 11.1 Å². The molecular formula is C13H20N2O. The second-order valence-corrected chi connectivity index (χ2v) is 3.98. The van der Waals surface area contributed by atoms with Gasteiger partial charge in [-0.2, -0.15) is 0 Å². The fourth-order valence-electron chi connectivity index (χ4n) is 1.62. The van der Waals surface area contributed by atoms with Crippen molar-refractivity contribution < 1.29 is 4.79 Å². The lowest BCUT2D eigenvalue weighted by Crippen LogP contribution is -2.36. The van der Waals surface area contributed by atoms with Crippen LogP contribution in [0.25, 0.3) is 0 Å². The average molecular weight is 220 g/mol. The van der Waals surface area contributed by atoms with Gasteiger partial charge in [0, 0.05) is 12.5 Å². The molecule has 1 aromatic carbocycles. The molecule has 1 rings (SSSR count). The summed E-state index contributed by atoms with van der Waals surface area (Å²) in [7, 11) is 0. The van der Waals surface area contributed by atoms with E-state index in [0.717, 1.165) is 12.0 Å². The molecule has 16 heavy (non-hydrogen) atoms. The first-order chi connectivity index (χ1) is 7.69. The number of rotatable bonds is 5. The third kappa shape index (κ3) is 3.35. The predicted octanol–water partition coefficient (Wildman–Crippen LogP) is 1.85. The molecule has 1 amide bonds. The molecule has 0 heterocycles. The van der Waals surface area contributed by atoms with Crippen LogP contribution in [0.1, 0.15) is 31.9 Å². The van der Waals surface area contributed by atoms with Crippen LogP contribution in [0.15, 0.2) is 30.3 Å². The van der Waals surface area contributed by atoms with Crippen molar-refractivity contribution in [1.29, 1.82) is 0 Å². The number of hydrogen-bond acceptors (Lipinski definition) is 2. The minimum atomic E-state index is -0.0776. The monoisotopic (exact) mass is 220 g/mol. The summed E-state index contributed by atoms with van der Waals surface area (Å²) in [4.78, 5) is 11.8. The van der Waals surface area contributed by atoms with Crippen LogP contribution in [-0.2, 0) is 4.79 Å². The number of nitrogens with two attached hydrogens (primary N) is 1. The van der Waals surface area contributed by atoms with Gasteiger partial charge in [-0.1, -0.05) is 37.3 Å². The smallest absolute Gasteiger partial charge is 0.224 e. The molecule has 0 radical (unpaired) electrons. The molecule has 0 bridgehead atoms. The van der Waals surface area contributed by atoms with Gasteiger partial charge >= 0.3 is 0 Å². The molecule has 2 atom stereocenters. The van der Waals surface area contributed by atoms with Crippen molar-refractivity contribution in [2.24, 2.45) is 11.7 Å². The normalized spacial score (nSPS) is 14.2. The van der Waals surface area contributed by atoms with Crippen LogP contribution in [0.5, 0.6) is 0 Å². The van der Waals surface area contributed by atoms with E-state index in [-0.39, 0.29) is 17.9 Å². The van der Waals surface area contributed by atoms with Gasteiger partial charge in [-0.05, 0) is 18.9 Å². The maximum Gasteiger partial charge on any atom is 0.224 e. The zero-order chi connectivity index (χ0) is 12.0. The lowest BCUT2D eigenvalue weighted by molar-refractivity contribution is -0.125. The number of hydrogen-bond donors (Lipinski definition) is 2.